The number of nitrogens with zero attached hydrogens (tertiary/aromatic N) is 1. The summed E-state index contributed by atoms with van der Waals surface area (Å²) in [5.41, 5.74) is 2.54. The fourth-order valence-corrected chi connectivity index (χ4v) is 2.31. The van der Waals surface area contributed by atoms with Gasteiger partial charge in [0, 0.05) is 11.6 Å². The molecule has 0 N–H and O–H groups in total. The van der Waals surface area contributed by atoms with Gasteiger partial charge in [0.25, 0.3) is 0 Å². The fourth-order valence-electron chi connectivity index (χ4n) is 2.31. The van der Waals surface area contributed by atoms with Crippen molar-refractivity contribution >= 4 is 23.3 Å². The number of oxazole rings is 1. The van der Waals surface area contributed by atoms with Gasteiger partial charge in [-0.1, -0.05) is 24.3 Å². The molecular weight excluding hydrogens is 290 g/mol. The Morgan fingerprint density at radius 1 is 1.04 bits per heavy atom. The summed E-state index contributed by atoms with van der Waals surface area (Å²) in [5.74, 6) is 1.99. The van der Waals surface area contributed by atoms with Crippen molar-refractivity contribution in [3.8, 4) is 11.5 Å². The summed E-state index contributed by atoms with van der Waals surface area (Å²) >= 11 is 0. The first kappa shape index (κ1) is 15.2. The number of rotatable bonds is 5. The van der Waals surface area contributed by atoms with Crippen LogP contribution in [0.1, 0.15) is 25.3 Å². The largest absolute Gasteiger partial charge is 0.493 e. The van der Waals surface area contributed by atoms with E-state index in [0.717, 1.165) is 22.4 Å². The standard InChI is InChI=1S/C19H19NO3/c1-13(2)22-19-14(7-6-10-17(19)21-3)11-12-18-20-15-8-4-5-9-16(15)23-18/h4-13H,1-3H3. The molecule has 0 amide bonds. The smallest absolute Gasteiger partial charge is 0.220 e. The first-order chi connectivity index (χ1) is 11.2. The van der Waals surface area contributed by atoms with Crippen LogP contribution in [0.3, 0.4) is 0 Å². The molecule has 1 aromatic heterocycles. The molecule has 4 nitrogen and oxygen atoms in total. The Morgan fingerprint density at radius 3 is 2.61 bits per heavy atom. The molecule has 4 heteroatoms. The third-order valence-electron chi connectivity index (χ3n) is 3.30. The predicted octanol–water partition coefficient (Wildman–Crippen LogP) is 4.79. The lowest BCUT2D eigenvalue weighted by Gasteiger charge is -2.15. The molecule has 0 unspecified atom stereocenters. The van der Waals surface area contributed by atoms with Gasteiger partial charge in [-0.2, -0.15) is 0 Å². The van der Waals surface area contributed by atoms with Crippen LogP contribution in [-0.4, -0.2) is 18.2 Å². The molecule has 1 heterocycles. The van der Waals surface area contributed by atoms with Crippen molar-refractivity contribution in [2.45, 2.75) is 20.0 Å². The van der Waals surface area contributed by atoms with E-state index in [2.05, 4.69) is 4.98 Å². The van der Waals surface area contributed by atoms with Crippen LogP contribution in [0, 0.1) is 0 Å². The number of aromatic nitrogens is 1. The second-order valence-corrected chi connectivity index (χ2v) is 5.40. The molecule has 2 aromatic carbocycles. The maximum Gasteiger partial charge on any atom is 0.220 e. The molecule has 0 aliphatic heterocycles. The molecule has 3 aromatic rings. The summed E-state index contributed by atoms with van der Waals surface area (Å²) in [7, 11) is 1.64. The molecule has 0 atom stereocenters. The average molecular weight is 309 g/mol. The number of ether oxygens (including phenoxy) is 2. The van der Waals surface area contributed by atoms with Crippen LogP contribution in [-0.2, 0) is 0 Å². The van der Waals surface area contributed by atoms with Crippen LogP contribution in [0.25, 0.3) is 23.3 Å². The number of methoxy groups -OCH3 is 1. The zero-order chi connectivity index (χ0) is 16.2. The lowest BCUT2D eigenvalue weighted by molar-refractivity contribution is 0.229. The van der Waals surface area contributed by atoms with Crippen LogP contribution in [0.4, 0.5) is 0 Å². The van der Waals surface area contributed by atoms with Gasteiger partial charge >= 0.3 is 0 Å². The SMILES string of the molecule is COc1cccc(C=Cc2nc3ccccc3o2)c1OC(C)C. The molecule has 0 bridgehead atoms. The summed E-state index contributed by atoms with van der Waals surface area (Å²) in [5, 5.41) is 0. The Bertz CT molecular complexity index is 801. The normalized spacial score (nSPS) is 11.5. The third kappa shape index (κ3) is 3.37. The maximum atomic E-state index is 5.89. The van der Waals surface area contributed by atoms with E-state index in [1.54, 1.807) is 7.11 Å². The first-order valence-corrected chi connectivity index (χ1v) is 7.54. The van der Waals surface area contributed by atoms with E-state index in [1.807, 2.05) is 68.5 Å². The zero-order valence-corrected chi connectivity index (χ0v) is 13.4. The minimum Gasteiger partial charge on any atom is -0.493 e. The van der Waals surface area contributed by atoms with E-state index in [9.17, 15) is 0 Å². The number of hydrogen-bond acceptors (Lipinski definition) is 4. The van der Waals surface area contributed by atoms with Crippen LogP contribution in [0.15, 0.2) is 46.9 Å². The van der Waals surface area contributed by atoms with Crippen molar-refractivity contribution in [2.75, 3.05) is 7.11 Å². The van der Waals surface area contributed by atoms with Gasteiger partial charge in [-0.25, -0.2) is 4.98 Å². The summed E-state index contributed by atoms with van der Waals surface area (Å²) in [6, 6.07) is 13.5. The highest BCUT2D eigenvalue weighted by Gasteiger charge is 2.10. The Hall–Kier alpha value is -2.75. The highest BCUT2D eigenvalue weighted by molar-refractivity contribution is 5.77. The minimum atomic E-state index is 0.0581. The molecule has 0 aliphatic rings. The summed E-state index contributed by atoms with van der Waals surface area (Å²) in [4.78, 5) is 4.44. The van der Waals surface area contributed by atoms with E-state index in [0.29, 0.717) is 11.6 Å². The second kappa shape index (κ2) is 6.57. The van der Waals surface area contributed by atoms with E-state index in [1.165, 1.54) is 0 Å². The third-order valence-corrected chi connectivity index (χ3v) is 3.30. The van der Waals surface area contributed by atoms with Gasteiger partial charge in [0.1, 0.15) is 5.52 Å². The van der Waals surface area contributed by atoms with E-state index >= 15 is 0 Å². The monoisotopic (exact) mass is 309 g/mol. The first-order valence-electron chi connectivity index (χ1n) is 7.54. The van der Waals surface area contributed by atoms with Crippen molar-refractivity contribution in [1.82, 2.24) is 4.98 Å². The number of fused-ring (bicyclic) bond motifs is 1. The average Bonchev–Trinajstić information content (AvgIpc) is 2.96. The fraction of sp³-hybridized carbons (Fsp3) is 0.211. The quantitative estimate of drug-likeness (QED) is 0.679. The molecule has 0 saturated carbocycles. The molecule has 0 aliphatic carbocycles. The molecule has 118 valence electrons. The summed E-state index contributed by atoms with van der Waals surface area (Å²) in [6.45, 7) is 3.97. The van der Waals surface area contributed by atoms with E-state index in [4.69, 9.17) is 13.9 Å². The van der Waals surface area contributed by atoms with Crippen LogP contribution >= 0.6 is 0 Å². The number of para-hydroxylation sites is 3. The molecule has 3 rings (SSSR count). The zero-order valence-electron chi connectivity index (χ0n) is 13.4. The highest BCUT2D eigenvalue weighted by Crippen LogP contribution is 2.33. The molecular formula is C19H19NO3. The van der Waals surface area contributed by atoms with Crippen molar-refractivity contribution < 1.29 is 13.9 Å². The van der Waals surface area contributed by atoms with Crippen molar-refractivity contribution in [1.29, 1.82) is 0 Å². The number of hydrogen-bond donors (Lipinski definition) is 0. The second-order valence-electron chi connectivity index (χ2n) is 5.40. The van der Waals surface area contributed by atoms with Crippen molar-refractivity contribution in [3.63, 3.8) is 0 Å². The van der Waals surface area contributed by atoms with Crippen LogP contribution in [0.5, 0.6) is 11.5 Å². The topological polar surface area (TPSA) is 44.5 Å². The van der Waals surface area contributed by atoms with Crippen LogP contribution < -0.4 is 9.47 Å². The highest BCUT2D eigenvalue weighted by atomic mass is 16.5. The van der Waals surface area contributed by atoms with Gasteiger partial charge in [-0.05, 0) is 38.1 Å². The molecule has 0 radical (unpaired) electrons. The molecule has 0 fully saturated rings. The van der Waals surface area contributed by atoms with Gasteiger partial charge in [0.05, 0.1) is 13.2 Å². The molecule has 23 heavy (non-hydrogen) atoms. The Balaban J connectivity index is 1.94. The Morgan fingerprint density at radius 2 is 1.87 bits per heavy atom. The summed E-state index contributed by atoms with van der Waals surface area (Å²) in [6.07, 6.45) is 3.81. The van der Waals surface area contributed by atoms with Crippen LogP contribution in [0.2, 0.25) is 0 Å². The molecule has 0 spiro atoms. The minimum absolute atomic E-state index is 0.0581. The Labute approximate surface area is 135 Å². The van der Waals surface area contributed by atoms with E-state index in [-0.39, 0.29) is 6.10 Å². The summed E-state index contributed by atoms with van der Waals surface area (Å²) < 4.78 is 17.0. The molecule has 0 saturated heterocycles. The van der Waals surface area contributed by atoms with Crippen molar-refractivity contribution in [3.05, 3.63) is 53.9 Å². The lowest BCUT2D eigenvalue weighted by Crippen LogP contribution is -2.07. The maximum absolute atomic E-state index is 5.89. The Kier molecular flexibility index (Phi) is 4.33. The van der Waals surface area contributed by atoms with Crippen molar-refractivity contribution in [2.24, 2.45) is 0 Å². The van der Waals surface area contributed by atoms with E-state index < -0.39 is 0 Å². The predicted molar refractivity (Wildman–Crippen MR) is 91.7 cm³/mol. The van der Waals surface area contributed by atoms with Gasteiger partial charge in [-0.15, -0.1) is 0 Å². The lowest BCUT2D eigenvalue weighted by atomic mass is 10.1. The van der Waals surface area contributed by atoms with Gasteiger partial charge in [0.2, 0.25) is 5.89 Å². The van der Waals surface area contributed by atoms with Gasteiger partial charge in [0.15, 0.2) is 17.1 Å². The number of benzene rings is 2. The van der Waals surface area contributed by atoms with Gasteiger partial charge in [-0.3, -0.25) is 0 Å². The van der Waals surface area contributed by atoms with Gasteiger partial charge < -0.3 is 13.9 Å².